The van der Waals surface area contributed by atoms with Gasteiger partial charge in [-0.1, -0.05) is 22.0 Å². The molecule has 1 aliphatic rings. The molecule has 0 unspecified atom stereocenters. The van der Waals surface area contributed by atoms with Gasteiger partial charge in [0.1, 0.15) is 0 Å². The zero-order chi connectivity index (χ0) is 18.0. The molecule has 2 heterocycles. The fourth-order valence-corrected chi connectivity index (χ4v) is 3.54. The molecule has 0 aliphatic carbocycles. The number of halogens is 1. The molecule has 0 N–H and O–H groups in total. The van der Waals surface area contributed by atoms with Gasteiger partial charge >= 0.3 is 5.97 Å². The van der Waals surface area contributed by atoms with E-state index < -0.39 is 5.97 Å². The van der Waals surface area contributed by atoms with Gasteiger partial charge in [0, 0.05) is 28.9 Å². The Morgan fingerprint density at radius 2 is 2.24 bits per heavy atom. The first-order valence-electron chi connectivity index (χ1n) is 7.50. The molecular formula is C17H14BrN3O3S. The van der Waals surface area contributed by atoms with Crippen molar-refractivity contribution >= 4 is 56.2 Å². The van der Waals surface area contributed by atoms with Crippen molar-refractivity contribution in [3.05, 3.63) is 51.1 Å². The van der Waals surface area contributed by atoms with Crippen LogP contribution in [0.15, 0.2) is 44.8 Å². The van der Waals surface area contributed by atoms with Gasteiger partial charge in [0.15, 0.2) is 10.8 Å². The summed E-state index contributed by atoms with van der Waals surface area (Å²) in [5.74, 6) is -0.346. The second-order valence-corrected chi connectivity index (χ2v) is 6.92. The lowest BCUT2D eigenvalue weighted by Crippen LogP contribution is -2.27. The number of hydrogen-bond acceptors (Lipinski definition) is 6. The monoisotopic (exact) mass is 419 g/mol. The maximum absolute atomic E-state index is 12.0. The van der Waals surface area contributed by atoms with Crippen molar-refractivity contribution in [1.82, 2.24) is 4.98 Å². The summed E-state index contributed by atoms with van der Waals surface area (Å²) < 4.78 is 6.10. The molecule has 1 aliphatic heterocycles. The highest BCUT2D eigenvalue weighted by molar-refractivity contribution is 9.10. The lowest BCUT2D eigenvalue weighted by molar-refractivity contribution is -0.130. The van der Waals surface area contributed by atoms with Gasteiger partial charge in [0.05, 0.1) is 5.69 Å². The minimum atomic E-state index is -0.525. The number of cyclic esters (lactones) is 1. The van der Waals surface area contributed by atoms with E-state index in [1.54, 1.807) is 16.4 Å². The van der Waals surface area contributed by atoms with E-state index in [1.165, 1.54) is 18.3 Å². The number of amides is 1. The van der Waals surface area contributed by atoms with Crippen LogP contribution in [0.3, 0.4) is 0 Å². The molecule has 0 radical (unpaired) electrons. The summed E-state index contributed by atoms with van der Waals surface area (Å²) in [4.78, 5) is 33.8. The molecule has 0 bridgehead atoms. The quantitative estimate of drug-likeness (QED) is 0.560. The molecule has 25 heavy (non-hydrogen) atoms. The zero-order valence-corrected chi connectivity index (χ0v) is 15.9. The Labute approximate surface area is 157 Å². The van der Waals surface area contributed by atoms with Crippen molar-refractivity contribution in [3.63, 3.8) is 0 Å². The molecule has 2 aromatic rings. The van der Waals surface area contributed by atoms with Crippen LogP contribution in [0.1, 0.15) is 25.1 Å². The molecule has 0 saturated carbocycles. The van der Waals surface area contributed by atoms with Crippen LogP contribution in [-0.2, 0) is 14.3 Å². The number of esters is 1. The number of benzene rings is 1. The van der Waals surface area contributed by atoms with E-state index >= 15 is 0 Å². The first-order chi connectivity index (χ1) is 12.0. The summed E-state index contributed by atoms with van der Waals surface area (Å²) >= 11 is 4.71. The molecule has 0 saturated heterocycles. The Hall–Kier alpha value is -2.32. The number of aromatic nitrogens is 1. The molecule has 3 rings (SSSR count). The third kappa shape index (κ3) is 3.85. The van der Waals surface area contributed by atoms with E-state index in [1.807, 2.05) is 31.2 Å². The topological polar surface area (TPSA) is 71.9 Å². The van der Waals surface area contributed by atoms with Gasteiger partial charge < -0.3 is 4.74 Å². The normalized spacial score (nSPS) is 15.2. The number of carbonyl (C=O) groups is 2. The van der Waals surface area contributed by atoms with Gasteiger partial charge in [-0.15, -0.1) is 11.3 Å². The maximum Gasteiger partial charge on any atom is 0.363 e. The lowest BCUT2D eigenvalue weighted by Gasteiger charge is -2.14. The van der Waals surface area contributed by atoms with Gasteiger partial charge in [-0.25, -0.2) is 14.8 Å². The van der Waals surface area contributed by atoms with Crippen molar-refractivity contribution in [1.29, 1.82) is 0 Å². The van der Waals surface area contributed by atoms with Crippen LogP contribution in [0.25, 0.3) is 6.08 Å². The summed E-state index contributed by atoms with van der Waals surface area (Å²) in [5, 5.41) is 2.36. The molecule has 8 heteroatoms. The number of thiazole rings is 1. The molecule has 0 spiro atoms. The van der Waals surface area contributed by atoms with Gasteiger partial charge in [-0.3, -0.25) is 9.69 Å². The highest BCUT2D eigenvalue weighted by Gasteiger charge is 2.24. The molecule has 1 amide bonds. The fourth-order valence-electron chi connectivity index (χ4n) is 2.25. The standard InChI is InChI=1S/C17H14BrN3O3S/c1-3-21(10(2)22)17-19-13(9-25-17)8-14-16(23)24-15(20-14)11-5-4-6-12(18)7-11/h4-9H,3H2,1-2H3/b14-8-. The van der Waals surface area contributed by atoms with E-state index in [2.05, 4.69) is 25.9 Å². The van der Waals surface area contributed by atoms with Crippen molar-refractivity contribution in [3.8, 4) is 0 Å². The average Bonchev–Trinajstić information content (AvgIpc) is 3.16. The summed E-state index contributed by atoms with van der Waals surface area (Å²) in [7, 11) is 0. The predicted molar refractivity (Wildman–Crippen MR) is 101 cm³/mol. The molecular weight excluding hydrogens is 406 g/mol. The average molecular weight is 420 g/mol. The van der Waals surface area contributed by atoms with Crippen LogP contribution in [-0.4, -0.2) is 29.3 Å². The Bertz CT molecular complexity index is 904. The molecule has 128 valence electrons. The van der Waals surface area contributed by atoms with Crippen LogP contribution in [0, 0.1) is 0 Å². The SMILES string of the molecule is CCN(C(C)=O)c1nc(/C=C2\N=C(c3cccc(Br)c3)OC2=O)cs1. The van der Waals surface area contributed by atoms with E-state index in [4.69, 9.17) is 4.74 Å². The Kier molecular flexibility index (Phi) is 5.10. The third-order valence-electron chi connectivity index (χ3n) is 3.41. The number of rotatable bonds is 4. The lowest BCUT2D eigenvalue weighted by atomic mass is 10.2. The number of carbonyl (C=O) groups excluding carboxylic acids is 2. The number of nitrogens with zero attached hydrogens (tertiary/aromatic N) is 3. The predicted octanol–water partition coefficient (Wildman–Crippen LogP) is 3.62. The summed E-state index contributed by atoms with van der Waals surface area (Å²) in [6.07, 6.45) is 1.56. The number of anilines is 1. The summed E-state index contributed by atoms with van der Waals surface area (Å²) in [6, 6.07) is 7.35. The van der Waals surface area contributed by atoms with E-state index in [-0.39, 0.29) is 17.5 Å². The van der Waals surface area contributed by atoms with Gasteiger partial charge in [-0.05, 0) is 31.2 Å². The second-order valence-electron chi connectivity index (χ2n) is 5.16. The molecule has 1 aromatic heterocycles. The van der Waals surface area contributed by atoms with E-state index in [9.17, 15) is 9.59 Å². The second kappa shape index (κ2) is 7.28. The van der Waals surface area contributed by atoms with Crippen LogP contribution in [0.4, 0.5) is 5.13 Å². The fraction of sp³-hybridized carbons (Fsp3) is 0.176. The van der Waals surface area contributed by atoms with E-state index in [0.29, 0.717) is 22.9 Å². The summed E-state index contributed by atoms with van der Waals surface area (Å²) in [5.41, 5.74) is 1.45. The number of ether oxygens (including phenoxy) is 1. The Morgan fingerprint density at radius 1 is 1.44 bits per heavy atom. The van der Waals surface area contributed by atoms with Gasteiger partial charge in [0.2, 0.25) is 11.8 Å². The number of aliphatic imine (C=N–C) groups is 1. The van der Waals surface area contributed by atoms with E-state index in [0.717, 1.165) is 4.47 Å². The first-order valence-corrected chi connectivity index (χ1v) is 9.17. The van der Waals surface area contributed by atoms with Crippen molar-refractivity contribution in [2.24, 2.45) is 4.99 Å². The molecule has 0 fully saturated rings. The van der Waals surface area contributed by atoms with Gasteiger partial charge in [0.25, 0.3) is 0 Å². The summed E-state index contributed by atoms with van der Waals surface area (Å²) in [6.45, 7) is 3.90. The maximum atomic E-state index is 12.0. The Balaban J connectivity index is 1.87. The van der Waals surface area contributed by atoms with Crippen LogP contribution in [0.5, 0.6) is 0 Å². The molecule has 1 aromatic carbocycles. The molecule has 6 nitrogen and oxygen atoms in total. The van der Waals surface area contributed by atoms with Crippen LogP contribution in [0.2, 0.25) is 0 Å². The largest absolute Gasteiger partial charge is 0.402 e. The zero-order valence-electron chi connectivity index (χ0n) is 13.5. The van der Waals surface area contributed by atoms with Crippen molar-refractivity contribution < 1.29 is 14.3 Å². The van der Waals surface area contributed by atoms with Crippen LogP contribution >= 0.6 is 27.3 Å². The Morgan fingerprint density at radius 3 is 2.92 bits per heavy atom. The highest BCUT2D eigenvalue weighted by Crippen LogP contribution is 2.25. The van der Waals surface area contributed by atoms with Crippen molar-refractivity contribution in [2.45, 2.75) is 13.8 Å². The number of hydrogen-bond donors (Lipinski definition) is 0. The van der Waals surface area contributed by atoms with Crippen molar-refractivity contribution in [2.75, 3.05) is 11.4 Å². The molecule has 0 atom stereocenters. The van der Waals surface area contributed by atoms with Gasteiger partial charge in [-0.2, -0.15) is 0 Å². The minimum absolute atomic E-state index is 0.0775. The first kappa shape index (κ1) is 17.5. The minimum Gasteiger partial charge on any atom is -0.402 e. The smallest absolute Gasteiger partial charge is 0.363 e. The van der Waals surface area contributed by atoms with Crippen LogP contribution < -0.4 is 4.90 Å². The highest BCUT2D eigenvalue weighted by atomic mass is 79.9. The third-order valence-corrected chi connectivity index (χ3v) is 4.79.